The summed E-state index contributed by atoms with van der Waals surface area (Å²) in [4.78, 5) is 50.2. The number of carbonyl (C=O) groups is 4. The van der Waals surface area contributed by atoms with E-state index in [4.69, 9.17) is 10.5 Å². The van der Waals surface area contributed by atoms with Crippen LogP contribution >= 0.6 is 0 Å². The van der Waals surface area contributed by atoms with Gasteiger partial charge in [-0.1, -0.05) is 25.7 Å². The summed E-state index contributed by atoms with van der Waals surface area (Å²) in [5, 5.41) is 12.4. The SMILES string of the molecule is N[C@H]1C[C@H](OC(=O)NC(=O)[C@@H]2CCCN2C(=O)[C@H](CC2CCCC2)CN(O)C=O)C1. The predicted octanol–water partition coefficient (Wildman–Crippen LogP) is 0.764. The monoisotopic (exact) mass is 424 g/mol. The highest BCUT2D eigenvalue weighted by Gasteiger charge is 2.39. The molecule has 30 heavy (non-hydrogen) atoms. The van der Waals surface area contributed by atoms with Crippen LogP contribution in [0, 0.1) is 11.8 Å². The summed E-state index contributed by atoms with van der Waals surface area (Å²) in [5.41, 5.74) is 5.66. The first kappa shape index (κ1) is 22.5. The molecule has 4 amide bonds. The van der Waals surface area contributed by atoms with Crippen molar-refractivity contribution in [3.05, 3.63) is 0 Å². The van der Waals surface area contributed by atoms with E-state index in [1.54, 1.807) is 0 Å². The lowest BCUT2D eigenvalue weighted by atomic mass is 9.90. The van der Waals surface area contributed by atoms with Gasteiger partial charge in [0.25, 0.3) is 5.91 Å². The normalized spacial score (nSPS) is 27.3. The van der Waals surface area contributed by atoms with Crippen LogP contribution in [0.25, 0.3) is 0 Å². The molecule has 0 unspecified atom stereocenters. The first-order valence-electron chi connectivity index (χ1n) is 10.9. The molecule has 3 aliphatic rings. The zero-order valence-corrected chi connectivity index (χ0v) is 17.2. The Hall–Kier alpha value is -2.20. The summed E-state index contributed by atoms with van der Waals surface area (Å²) < 4.78 is 5.15. The smallest absolute Gasteiger partial charge is 0.414 e. The van der Waals surface area contributed by atoms with Gasteiger partial charge in [-0.05, 0) is 38.0 Å². The Labute approximate surface area is 176 Å². The fourth-order valence-electron chi connectivity index (χ4n) is 4.78. The third kappa shape index (κ3) is 5.69. The Balaban J connectivity index is 1.59. The third-order valence-electron chi connectivity index (χ3n) is 6.44. The Bertz CT molecular complexity index is 647. The molecule has 1 aliphatic heterocycles. The van der Waals surface area contributed by atoms with E-state index in [0.29, 0.717) is 49.6 Å². The number of likely N-dealkylation sites (tertiary alicyclic amines) is 1. The van der Waals surface area contributed by atoms with Crippen molar-refractivity contribution in [3.8, 4) is 0 Å². The molecule has 1 heterocycles. The van der Waals surface area contributed by atoms with Gasteiger partial charge in [-0.15, -0.1) is 0 Å². The van der Waals surface area contributed by atoms with Crippen LogP contribution in [0.1, 0.15) is 57.8 Å². The number of ether oxygens (including phenoxy) is 1. The molecular weight excluding hydrogens is 392 g/mol. The zero-order chi connectivity index (χ0) is 21.7. The minimum Gasteiger partial charge on any atom is -0.446 e. The predicted molar refractivity (Wildman–Crippen MR) is 105 cm³/mol. The van der Waals surface area contributed by atoms with Crippen molar-refractivity contribution < 1.29 is 29.1 Å². The number of alkyl carbamates (subject to hydrolysis) is 1. The Kier molecular flexibility index (Phi) is 7.65. The van der Waals surface area contributed by atoms with E-state index in [1.807, 2.05) is 0 Å². The number of nitrogens with zero attached hydrogens (tertiary/aromatic N) is 2. The zero-order valence-electron chi connectivity index (χ0n) is 17.2. The highest BCUT2D eigenvalue weighted by molar-refractivity contribution is 5.97. The van der Waals surface area contributed by atoms with Gasteiger partial charge in [-0.2, -0.15) is 0 Å². The van der Waals surface area contributed by atoms with Crippen molar-refractivity contribution in [2.75, 3.05) is 13.1 Å². The molecule has 2 aliphatic carbocycles. The third-order valence-corrected chi connectivity index (χ3v) is 6.44. The summed E-state index contributed by atoms with van der Waals surface area (Å²) in [6.45, 7) is 0.296. The van der Waals surface area contributed by atoms with Crippen molar-refractivity contribution in [3.63, 3.8) is 0 Å². The van der Waals surface area contributed by atoms with E-state index in [2.05, 4.69) is 5.32 Å². The number of hydrogen-bond acceptors (Lipinski definition) is 7. The number of rotatable bonds is 8. The fraction of sp³-hybridized carbons (Fsp3) is 0.800. The van der Waals surface area contributed by atoms with Gasteiger partial charge in [0.2, 0.25) is 12.3 Å². The Morgan fingerprint density at radius 2 is 1.90 bits per heavy atom. The van der Waals surface area contributed by atoms with Crippen LogP contribution in [0.4, 0.5) is 4.79 Å². The molecule has 2 atom stereocenters. The average Bonchev–Trinajstić information content (AvgIpc) is 3.37. The second kappa shape index (κ2) is 10.2. The van der Waals surface area contributed by atoms with E-state index in [-0.39, 0.29) is 31.0 Å². The Morgan fingerprint density at radius 3 is 2.53 bits per heavy atom. The van der Waals surface area contributed by atoms with Crippen LogP contribution in [0.15, 0.2) is 0 Å². The highest BCUT2D eigenvalue weighted by atomic mass is 16.6. The summed E-state index contributed by atoms with van der Waals surface area (Å²) in [6.07, 6.45) is 6.28. The minimum atomic E-state index is -0.818. The number of hydrogen-bond donors (Lipinski definition) is 3. The maximum atomic E-state index is 13.2. The van der Waals surface area contributed by atoms with Crippen molar-refractivity contribution >= 4 is 24.3 Å². The molecule has 0 bridgehead atoms. The summed E-state index contributed by atoms with van der Waals surface area (Å²) in [6, 6.07) is -0.737. The molecule has 10 heteroatoms. The molecule has 0 radical (unpaired) electrons. The van der Waals surface area contributed by atoms with E-state index >= 15 is 0 Å². The number of amides is 4. The molecule has 10 nitrogen and oxygen atoms in total. The molecule has 0 aromatic rings. The van der Waals surface area contributed by atoms with E-state index in [9.17, 15) is 24.4 Å². The van der Waals surface area contributed by atoms with Crippen LogP contribution in [0.2, 0.25) is 0 Å². The number of carbonyl (C=O) groups excluding carboxylic acids is 4. The lowest BCUT2D eigenvalue weighted by Crippen LogP contribution is -2.51. The molecular formula is C20H32N4O6. The van der Waals surface area contributed by atoms with Gasteiger partial charge in [0.05, 0.1) is 12.5 Å². The molecule has 168 valence electrons. The molecule has 3 fully saturated rings. The second-order valence-electron chi connectivity index (χ2n) is 8.75. The molecule has 2 saturated carbocycles. The van der Waals surface area contributed by atoms with Gasteiger partial charge < -0.3 is 15.4 Å². The van der Waals surface area contributed by atoms with Crippen molar-refractivity contribution in [1.29, 1.82) is 0 Å². The minimum absolute atomic E-state index is 0.0238. The number of imide groups is 1. The van der Waals surface area contributed by atoms with Gasteiger partial charge in [0.15, 0.2) is 0 Å². The van der Waals surface area contributed by atoms with Crippen LogP contribution in [-0.2, 0) is 19.1 Å². The topological polar surface area (TPSA) is 142 Å². The van der Waals surface area contributed by atoms with Crippen molar-refractivity contribution in [2.24, 2.45) is 17.6 Å². The lowest BCUT2D eigenvalue weighted by Gasteiger charge is -2.32. The summed E-state index contributed by atoms with van der Waals surface area (Å²) in [5.74, 6) is -1.04. The van der Waals surface area contributed by atoms with Crippen LogP contribution in [0.5, 0.6) is 0 Å². The molecule has 4 N–H and O–H groups in total. The fourth-order valence-corrected chi connectivity index (χ4v) is 4.78. The molecule has 0 aromatic carbocycles. The largest absolute Gasteiger partial charge is 0.446 e. The van der Waals surface area contributed by atoms with Gasteiger partial charge in [-0.3, -0.25) is 24.9 Å². The van der Waals surface area contributed by atoms with E-state index in [0.717, 1.165) is 25.7 Å². The number of hydroxylamine groups is 2. The average molecular weight is 424 g/mol. The maximum Gasteiger partial charge on any atom is 0.414 e. The first-order valence-corrected chi connectivity index (χ1v) is 10.9. The van der Waals surface area contributed by atoms with Gasteiger partial charge >= 0.3 is 6.09 Å². The van der Waals surface area contributed by atoms with E-state index < -0.39 is 24.0 Å². The summed E-state index contributed by atoms with van der Waals surface area (Å²) in [7, 11) is 0. The lowest BCUT2D eigenvalue weighted by molar-refractivity contribution is -0.158. The summed E-state index contributed by atoms with van der Waals surface area (Å²) >= 11 is 0. The Morgan fingerprint density at radius 1 is 1.20 bits per heavy atom. The standard InChI is InChI=1S/C20H32N4O6/c21-15-9-16(10-15)30-20(28)22-18(26)17-6-3-7-24(17)19(27)14(11-23(29)12-25)8-13-4-1-2-5-13/h12-17,29H,1-11,21H2,(H,22,26,28)/t14-,15-,16-,17+/m1/s1. The highest BCUT2D eigenvalue weighted by Crippen LogP contribution is 2.32. The van der Waals surface area contributed by atoms with E-state index in [1.165, 1.54) is 4.90 Å². The molecule has 0 aromatic heterocycles. The van der Waals surface area contributed by atoms with Crippen molar-refractivity contribution in [2.45, 2.75) is 76.0 Å². The van der Waals surface area contributed by atoms with Crippen LogP contribution in [0.3, 0.4) is 0 Å². The quantitative estimate of drug-likeness (QED) is 0.297. The number of nitrogens with one attached hydrogen (secondary N) is 1. The first-order chi connectivity index (χ1) is 14.4. The van der Waals surface area contributed by atoms with Crippen LogP contribution < -0.4 is 11.1 Å². The number of nitrogens with two attached hydrogens (primary N) is 1. The molecule has 0 spiro atoms. The van der Waals surface area contributed by atoms with Gasteiger partial charge in [0.1, 0.15) is 12.1 Å². The van der Waals surface area contributed by atoms with Gasteiger partial charge in [-0.25, -0.2) is 9.86 Å². The van der Waals surface area contributed by atoms with Crippen molar-refractivity contribution in [1.82, 2.24) is 15.3 Å². The maximum absolute atomic E-state index is 13.2. The second-order valence-corrected chi connectivity index (χ2v) is 8.75. The molecule has 3 rings (SSSR count). The van der Waals surface area contributed by atoms with Gasteiger partial charge in [0, 0.05) is 12.6 Å². The van der Waals surface area contributed by atoms with Crippen LogP contribution in [-0.4, -0.2) is 70.8 Å². The molecule has 1 saturated heterocycles.